The third-order valence-corrected chi connectivity index (χ3v) is 6.87. The minimum Gasteiger partial charge on any atom is -0.420 e. The number of carbonyl (C=O) groups excluding carboxylic acids is 1. The number of anilines is 1. The maximum atomic E-state index is 13.4. The summed E-state index contributed by atoms with van der Waals surface area (Å²) < 4.78 is 6.12. The first kappa shape index (κ1) is 22.2. The van der Waals surface area contributed by atoms with Crippen molar-refractivity contribution in [2.45, 2.75) is 76.3 Å². The standard InChI is InChI=1S/C25H34ClN3O2/c1-28(17-16-26)21-14-12-19(13-15-21)18-23-24(30)29(22-10-6-3-7-11-22)25(31-23)27-20-8-4-2-5-9-20/h12-15,18,20,22H,2-11,16-17H2,1H3. The molecule has 0 atom stereocenters. The van der Waals surface area contributed by atoms with Gasteiger partial charge >= 0.3 is 6.02 Å². The van der Waals surface area contributed by atoms with Crippen molar-refractivity contribution >= 4 is 35.3 Å². The van der Waals surface area contributed by atoms with E-state index in [1.54, 1.807) is 0 Å². The van der Waals surface area contributed by atoms with Crippen LogP contribution >= 0.6 is 11.6 Å². The lowest BCUT2D eigenvalue weighted by Gasteiger charge is -2.29. The number of aliphatic imine (C=N–C) groups is 1. The first-order chi connectivity index (χ1) is 15.2. The van der Waals surface area contributed by atoms with Crippen molar-refractivity contribution in [3.05, 3.63) is 35.6 Å². The Morgan fingerprint density at radius 3 is 2.35 bits per heavy atom. The number of carbonyl (C=O) groups is 1. The van der Waals surface area contributed by atoms with E-state index in [2.05, 4.69) is 4.90 Å². The Balaban J connectivity index is 1.56. The molecule has 5 nitrogen and oxygen atoms in total. The molecule has 31 heavy (non-hydrogen) atoms. The lowest BCUT2D eigenvalue weighted by atomic mass is 9.94. The van der Waals surface area contributed by atoms with E-state index >= 15 is 0 Å². The molecule has 168 valence electrons. The molecule has 2 saturated carbocycles. The predicted octanol–water partition coefficient (Wildman–Crippen LogP) is 5.58. The monoisotopic (exact) mass is 443 g/mol. The molecule has 0 unspecified atom stereocenters. The van der Waals surface area contributed by atoms with Gasteiger partial charge in [-0.05, 0) is 49.5 Å². The van der Waals surface area contributed by atoms with Gasteiger partial charge in [0.25, 0.3) is 5.91 Å². The number of amides is 1. The van der Waals surface area contributed by atoms with Crippen LogP contribution in [0.4, 0.5) is 5.69 Å². The second kappa shape index (κ2) is 10.5. The van der Waals surface area contributed by atoms with Gasteiger partial charge in [-0.3, -0.25) is 9.69 Å². The topological polar surface area (TPSA) is 45.1 Å². The van der Waals surface area contributed by atoms with Crippen molar-refractivity contribution in [2.75, 3.05) is 24.4 Å². The van der Waals surface area contributed by atoms with E-state index < -0.39 is 0 Å². The summed E-state index contributed by atoms with van der Waals surface area (Å²) in [4.78, 5) is 22.3. The highest BCUT2D eigenvalue weighted by molar-refractivity contribution is 6.18. The van der Waals surface area contributed by atoms with Gasteiger partial charge in [0.2, 0.25) is 0 Å². The zero-order valence-electron chi connectivity index (χ0n) is 18.6. The molecule has 1 aromatic rings. The van der Waals surface area contributed by atoms with Crippen molar-refractivity contribution in [3.63, 3.8) is 0 Å². The molecule has 1 amide bonds. The maximum absolute atomic E-state index is 13.4. The van der Waals surface area contributed by atoms with Gasteiger partial charge in [-0.2, -0.15) is 0 Å². The summed E-state index contributed by atoms with van der Waals surface area (Å²) in [5.74, 6) is 0.942. The Hall–Kier alpha value is -2.01. The summed E-state index contributed by atoms with van der Waals surface area (Å²) in [5.41, 5.74) is 2.05. The Kier molecular flexibility index (Phi) is 7.54. The van der Waals surface area contributed by atoms with E-state index in [1.807, 2.05) is 42.3 Å². The molecule has 0 aromatic heterocycles. The summed E-state index contributed by atoms with van der Waals surface area (Å²) in [6.45, 7) is 0.793. The van der Waals surface area contributed by atoms with Crippen LogP contribution in [-0.2, 0) is 9.53 Å². The molecule has 1 saturated heterocycles. The highest BCUT2D eigenvalue weighted by atomic mass is 35.5. The number of benzene rings is 1. The first-order valence-electron chi connectivity index (χ1n) is 11.8. The molecule has 1 aliphatic heterocycles. The number of halogens is 1. The lowest BCUT2D eigenvalue weighted by Crippen LogP contribution is -2.41. The summed E-state index contributed by atoms with van der Waals surface area (Å²) in [6.07, 6.45) is 13.4. The molecular formula is C25H34ClN3O2. The second-order valence-electron chi connectivity index (χ2n) is 8.98. The van der Waals surface area contributed by atoms with Gasteiger partial charge in [-0.15, -0.1) is 11.6 Å². The highest BCUT2D eigenvalue weighted by Gasteiger charge is 2.40. The van der Waals surface area contributed by atoms with E-state index in [4.69, 9.17) is 21.3 Å². The molecule has 0 bridgehead atoms. The van der Waals surface area contributed by atoms with Crippen molar-refractivity contribution in [1.82, 2.24) is 4.90 Å². The van der Waals surface area contributed by atoms with Crippen LogP contribution in [-0.4, -0.2) is 48.4 Å². The van der Waals surface area contributed by atoms with E-state index in [9.17, 15) is 4.79 Å². The van der Waals surface area contributed by atoms with E-state index in [1.165, 1.54) is 38.5 Å². The van der Waals surface area contributed by atoms with Gasteiger partial charge in [0, 0.05) is 31.2 Å². The fourth-order valence-electron chi connectivity index (χ4n) is 4.84. The Morgan fingerprint density at radius 2 is 1.71 bits per heavy atom. The van der Waals surface area contributed by atoms with E-state index in [0.29, 0.717) is 17.7 Å². The van der Waals surface area contributed by atoms with Crippen LogP contribution in [0.3, 0.4) is 0 Å². The third kappa shape index (κ3) is 5.43. The minimum atomic E-state index is -0.0372. The Morgan fingerprint density at radius 1 is 1.06 bits per heavy atom. The SMILES string of the molecule is CN(CCCl)c1ccc(C=C2OC(=NC3CCCCC3)N(C3CCCCC3)C2=O)cc1. The van der Waals surface area contributed by atoms with Crippen molar-refractivity contribution in [3.8, 4) is 0 Å². The fourth-order valence-corrected chi connectivity index (χ4v) is 5.09. The maximum Gasteiger partial charge on any atom is 0.300 e. The van der Waals surface area contributed by atoms with Crippen LogP contribution in [0.25, 0.3) is 6.08 Å². The predicted molar refractivity (Wildman–Crippen MR) is 128 cm³/mol. The summed E-state index contributed by atoms with van der Waals surface area (Å²) >= 11 is 5.85. The average Bonchev–Trinajstić information content (AvgIpc) is 3.10. The molecule has 0 radical (unpaired) electrons. The molecule has 3 aliphatic rings. The van der Waals surface area contributed by atoms with Crippen LogP contribution in [0.2, 0.25) is 0 Å². The van der Waals surface area contributed by atoms with Crippen molar-refractivity contribution in [1.29, 1.82) is 0 Å². The summed E-state index contributed by atoms with van der Waals surface area (Å²) in [5, 5.41) is 0. The zero-order valence-corrected chi connectivity index (χ0v) is 19.3. The largest absolute Gasteiger partial charge is 0.420 e. The van der Waals surface area contributed by atoms with Crippen LogP contribution in [0.5, 0.6) is 0 Å². The number of alkyl halides is 1. The van der Waals surface area contributed by atoms with Gasteiger partial charge in [0.05, 0.1) is 6.04 Å². The summed E-state index contributed by atoms with van der Waals surface area (Å²) in [7, 11) is 2.02. The lowest BCUT2D eigenvalue weighted by molar-refractivity contribution is -0.124. The Labute approximate surface area is 191 Å². The number of hydrogen-bond acceptors (Lipinski definition) is 4. The number of amidine groups is 1. The molecule has 0 spiro atoms. The van der Waals surface area contributed by atoms with E-state index in [0.717, 1.165) is 43.5 Å². The average molecular weight is 444 g/mol. The number of ether oxygens (including phenoxy) is 1. The minimum absolute atomic E-state index is 0.0372. The zero-order chi connectivity index (χ0) is 21.6. The molecular weight excluding hydrogens is 410 g/mol. The van der Waals surface area contributed by atoms with Crippen molar-refractivity contribution < 1.29 is 9.53 Å². The first-order valence-corrected chi connectivity index (χ1v) is 12.4. The molecule has 1 aromatic carbocycles. The number of hydrogen-bond donors (Lipinski definition) is 0. The van der Waals surface area contributed by atoms with Crippen LogP contribution in [0.15, 0.2) is 35.0 Å². The van der Waals surface area contributed by atoms with Gasteiger partial charge < -0.3 is 9.64 Å². The van der Waals surface area contributed by atoms with Gasteiger partial charge in [-0.25, -0.2) is 4.99 Å². The fraction of sp³-hybridized carbons (Fsp3) is 0.600. The van der Waals surface area contributed by atoms with Crippen molar-refractivity contribution in [2.24, 2.45) is 4.99 Å². The van der Waals surface area contributed by atoms with Gasteiger partial charge in [-0.1, -0.05) is 50.7 Å². The van der Waals surface area contributed by atoms with Gasteiger partial charge in [0.15, 0.2) is 5.76 Å². The van der Waals surface area contributed by atoms with Crippen LogP contribution in [0.1, 0.15) is 69.8 Å². The molecule has 4 rings (SSSR count). The highest BCUT2D eigenvalue weighted by Crippen LogP contribution is 2.31. The normalized spacial score (nSPS) is 23.5. The van der Waals surface area contributed by atoms with Crippen LogP contribution < -0.4 is 4.90 Å². The van der Waals surface area contributed by atoms with Crippen LogP contribution in [0, 0.1) is 0 Å². The number of rotatable bonds is 6. The second-order valence-corrected chi connectivity index (χ2v) is 9.36. The third-order valence-electron chi connectivity index (χ3n) is 6.70. The number of nitrogens with zero attached hydrogens (tertiary/aromatic N) is 3. The molecule has 0 N–H and O–H groups in total. The Bertz CT molecular complexity index is 809. The molecule has 6 heteroatoms. The van der Waals surface area contributed by atoms with E-state index in [-0.39, 0.29) is 18.0 Å². The molecule has 1 heterocycles. The molecule has 2 aliphatic carbocycles. The quantitative estimate of drug-likeness (QED) is 0.425. The van der Waals surface area contributed by atoms with Gasteiger partial charge in [0.1, 0.15) is 0 Å². The summed E-state index contributed by atoms with van der Waals surface area (Å²) in [6, 6.07) is 9.16. The molecule has 3 fully saturated rings. The smallest absolute Gasteiger partial charge is 0.300 e.